The van der Waals surface area contributed by atoms with Crippen LogP contribution in [0.1, 0.15) is 11.1 Å². The van der Waals surface area contributed by atoms with Crippen molar-refractivity contribution in [2.24, 2.45) is 0 Å². The number of benzene rings is 2. The largest absolute Gasteiger partial charge is 0.334 e. The van der Waals surface area contributed by atoms with Gasteiger partial charge < -0.3 is 15.2 Å². The first-order chi connectivity index (χ1) is 14.2. The Morgan fingerprint density at radius 2 is 1.69 bits per heavy atom. The first-order valence-corrected chi connectivity index (χ1v) is 9.31. The van der Waals surface area contributed by atoms with Crippen LogP contribution in [0.5, 0.6) is 0 Å². The summed E-state index contributed by atoms with van der Waals surface area (Å²) in [6, 6.07) is 22.1. The Balaban J connectivity index is 1.36. The molecule has 4 aromatic rings. The van der Waals surface area contributed by atoms with E-state index in [1.807, 2.05) is 60.7 Å². The van der Waals surface area contributed by atoms with Crippen LogP contribution in [0.4, 0.5) is 10.5 Å². The van der Waals surface area contributed by atoms with Crippen LogP contribution in [0.15, 0.2) is 90.0 Å². The number of carbonyl (C=O) groups is 1. The van der Waals surface area contributed by atoms with Crippen LogP contribution in [0.2, 0.25) is 0 Å². The van der Waals surface area contributed by atoms with Gasteiger partial charge in [0.05, 0.1) is 17.7 Å². The molecule has 0 spiro atoms. The summed E-state index contributed by atoms with van der Waals surface area (Å²) in [6.07, 6.45) is 3.47. The summed E-state index contributed by atoms with van der Waals surface area (Å²) in [5.74, 6) is 0. The summed E-state index contributed by atoms with van der Waals surface area (Å²) in [7, 11) is 0. The van der Waals surface area contributed by atoms with Gasteiger partial charge in [-0.25, -0.2) is 4.79 Å². The van der Waals surface area contributed by atoms with Crippen molar-refractivity contribution in [2.45, 2.75) is 13.1 Å². The van der Waals surface area contributed by atoms with Crippen molar-refractivity contribution in [1.29, 1.82) is 0 Å². The molecule has 0 aliphatic heterocycles. The van der Waals surface area contributed by atoms with Crippen LogP contribution in [-0.4, -0.2) is 15.6 Å². The van der Waals surface area contributed by atoms with Crippen LogP contribution < -0.4 is 16.2 Å². The monoisotopic (exact) mass is 384 g/mol. The lowest BCUT2D eigenvalue weighted by molar-refractivity contribution is 0.252. The highest BCUT2D eigenvalue weighted by Gasteiger charge is 2.06. The molecule has 0 bridgehead atoms. The second-order valence-electron chi connectivity index (χ2n) is 6.67. The van der Waals surface area contributed by atoms with E-state index in [1.54, 1.807) is 29.1 Å². The molecule has 6 nitrogen and oxygen atoms in total. The van der Waals surface area contributed by atoms with Crippen molar-refractivity contribution < 1.29 is 4.79 Å². The maximum Gasteiger partial charge on any atom is 0.319 e. The van der Waals surface area contributed by atoms with Gasteiger partial charge >= 0.3 is 6.03 Å². The van der Waals surface area contributed by atoms with E-state index in [9.17, 15) is 9.59 Å². The first-order valence-electron chi connectivity index (χ1n) is 9.31. The predicted molar refractivity (Wildman–Crippen MR) is 114 cm³/mol. The number of carbonyl (C=O) groups excluding carboxylic acids is 1. The molecule has 2 heterocycles. The Morgan fingerprint density at radius 1 is 0.897 bits per heavy atom. The summed E-state index contributed by atoms with van der Waals surface area (Å²) in [5, 5.41) is 6.68. The molecule has 0 radical (unpaired) electrons. The zero-order chi connectivity index (χ0) is 20.1. The maximum atomic E-state index is 12.3. The van der Waals surface area contributed by atoms with Gasteiger partial charge in [0.2, 0.25) is 0 Å². The molecular formula is C23H20N4O2. The highest BCUT2D eigenvalue weighted by Crippen LogP contribution is 2.20. The molecule has 0 aliphatic carbocycles. The fourth-order valence-corrected chi connectivity index (χ4v) is 3.10. The van der Waals surface area contributed by atoms with E-state index in [1.165, 1.54) is 0 Å². The fourth-order valence-electron chi connectivity index (χ4n) is 3.10. The number of nitrogens with zero attached hydrogens (tertiary/aromatic N) is 2. The van der Waals surface area contributed by atoms with E-state index in [0.29, 0.717) is 18.8 Å². The van der Waals surface area contributed by atoms with Crippen molar-refractivity contribution in [3.63, 3.8) is 0 Å². The van der Waals surface area contributed by atoms with Gasteiger partial charge in [-0.2, -0.15) is 0 Å². The van der Waals surface area contributed by atoms with Gasteiger partial charge in [0.1, 0.15) is 0 Å². The van der Waals surface area contributed by atoms with Gasteiger partial charge in [0.15, 0.2) is 0 Å². The van der Waals surface area contributed by atoms with Crippen molar-refractivity contribution in [2.75, 3.05) is 5.32 Å². The van der Waals surface area contributed by atoms with Crippen LogP contribution >= 0.6 is 0 Å². The molecular weight excluding hydrogens is 364 g/mol. The van der Waals surface area contributed by atoms with Gasteiger partial charge in [-0.05, 0) is 29.3 Å². The third-order valence-corrected chi connectivity index (χ3v) is 4.61. The van der Waals surface area contributed by atoms with Crippen molar-refractivity contribution in [3.05, 3.63) is 107 Å². The molecule has 2 N–H and O–H groups in total. The van der Waals surface area contributed by atoms with E-state index in [2.05, 4.69) is 15.6 Å². The van der Waals surface area contributed by atoms with Crippen LogP contribution in [0.3, 0.4) is 0 Å². The van der Waals surface area contributed by atoms with E-state index in [4.69, 9.17) is 0 Å². The predicted octanol–water partition coefficient (Wildman–Crippen LogP) is 3.77. The number of anilines is 1. The summed E-state index contributed by atoms with van der Waals surface area (Å²) >= 11 is 0. The molecule has 0 saturated heterocycles. The molecule has 0 fully saturated rings. The van der Waals surface area contributed by atoms with Crippen LogP contribution in [0, 0.1) is 0 Å². The average Bonchev–Trinajstić information content (AvgIpc) is 2.75. The lowest BCUT2D eigenvalue weighted by Crippen LogP contribution is -2.28. The van der Waals surface area contributed by atoms with E-state index in [0.717, 1.165) is 22.0 Å². The number of pyridine rings is 2. The van der Waals surface area contributed by atoms with Gasteiger partial charge in [-0.3, -0.25) is 9.78 Å². The average molecular weight is 384 g/mol. The van der Waals surface area contributed by atoms with Gasteiger partial charge in [0, 0.05) is 30.4 Å². The number of hydrogen-bond donors (Lipinski definition) is 2. The first kappa shape index (κ1) is 18.4. The van der Waals surface area contributed by atoms with Gasteiger partial charge in [0.25, 0.3) is 5.56 Å². The molecule has 4 rings (SSSR count). The number of aromatic nitrogens is 2. The molecule has 2 amide bonds. The summed E-state index contributed by atoms with van der Waals surface area (Å²) in [6.45, 7) is 0.914. The SMILES string of the molecule is O=C(NCc1ccc(Cn2ccccc2=O)cc1)Nc1cccc2cccnc12. The highest BCUT2D eigenvalue weighted by atomic mass is 16.2. The second-order valence-corrected chi connectivity index (χ2v) is 6.67. The summed E-state index contributed by atoms with van der Waals surface area (Å²) in [4.78, 5) is 28.4. The number of rotatable bonds is 5. The van der Waals surface area contributed by atoms with E-state index < -0.39 is 0 Å². The fraction of sp³-hybridized carbons (Fsp3) is 0.0870. The number of hydrogen-bond acceptors (Lipinski definition) is 3. The molecule has 144 valence electrons. The smallest absolute Gasteiger partial charge is 0.319 e. The molecule has 0 unspecified atom stereocenters. The minimum Gasteiger partial charge on any atom is -0.334 e. The van der Waals surface area contributed by atoms with Gasteiger partial charge in [-0.1, -0.05) is 48.5 Å². The maximum absolute atomic E-state index is 12.3. The Hall–Kier alpha value is -3.93. The zero-order valence-electron chi connectivity index (χ0n) is 15.7. The molecule has 29 heavy (non-hydrogen) atoms. The summed E-state index contributed by atoms with van der Waals surface area (Å²) < 4.78 is 1.65. The normalized spacial score (nSPS) is 10.6. The Kier molecular flexibility index (Phi) is 5.33. The van der Waals surface area contributed by atoms with E-state index in [-0.39, 0.29) is 11.6 Å². The van der Waals surface area contributed by atoms with Crippen molar-refractivity contribution >= 4 is 22.6 Å². The van der Waals surface area contributed by atoms with Crippen molar-refractivity contribution in [1.82, 2.24) is 14.9 Å². The quantitative estimate of drug-likeness (QED) is 0.550. The van der Waals surface area contributed by atoms with Crippen molar-refractivity contribution in [3.8, 4) is 0 Å². The second kappa shape index (κ2) is 8.39. The Morgan fingerprint density at radius 3 is 2.52 bits per heavy atom. The minimum atomic E-state index is -0.289. The molecule has 0 aliphatic rings. The Bertz CT molecular complexity index is 1190. The number of para-hydroxylation sites is 1. The molecule has 0 saturated carbocycles. The topological polar surface area (TPSA) is 76.0 Å². The molecule has 2 aromatic carbocycles. The van der Waals surface area contributed by atoms with Crippen LogP contribution in [0.25, 0.3) is 10.9 Å². The number of fused-ring (bicyclic) bond motifs is 1. The standard InChI is InChI=1S/C23H20N4O2/c28-21-8-1-2-14-27(21)16-18-11-9-17(10-12-18)15-25-23(29)26-20-7-3-5-19-6-4-13-24-22(19)20/h1-14H,15-16H2,(H2,25,26,29). The van der Waals surface area contributed by atoms with Gasteiger partial charge in [-0.15, -0.1) is 0 Å². The number of amides is 2. The third-order valence-electron chi connectivity index (χ3n) is 4.61. The Labute approximate surface area is 167 Å². The lowest BCUT2D eigenvalue weighted by atomic mass is 10.1. The molecule has 2 aromatic heterocycles. The van der Waals surface area contributed by atoms with E-state index >= 15 is 0 Å². The minimum absolute atomic E-state index is 0.0298. The highest BCUT2D eigenvalue weighted by molar-refractivity contribution is 5.99. The summed E-state index contributed by atoms with van der Waals surface area (Å²) in [5.41, 5.74) is 3.39. The third kappa shape index (κ3) is 4.50. The molecule has 0 atom stereocenters. The number of urea groups is 1. The van der Waals surface area contributed by atoms with Crippen LogP contribution in [-0.2, 0) is 13.1 Å². The number of nitrogens with one attached hydrogen (secondary N) is 2. The lowest BCUT2D eigenvalue weighted by Gasteiger charge is -2.10. The zero-order valence-corrected chi connectivity index (χ0v) is 15.7. The molecule has 6 heteroatoms.